The Balaban J connectivity index is 1.36. The molecule has 22 nitrogen and oxygen atoms in total. The van der Waals surface area contributed by atoms with Crippen LogP contribution in [0.1, 0.15) is 36.1 Å². The molecule has 0 saturated carbocycles. The van der Waals surface area contributed by atoms with Gasteiger partial charge in [0.2, 0.25) is 35.4 Å². The first-order valence-corrected chi connectivity index (χ1v) is 22.1. The van der Waals surface area contributed by atoms with Crippen molar-refractivity contribution in [1.82, 2.24) is 42.8 Å². The maximum atomic E-state index is 13.6. The quantitative estimate of drug-likeness (QED) is 0.0314. The van der Waals surface area contributed by atoms with Gasteiger partial charge in [0.25, 0.3) is 11.8 Å². The Kier molecular flexibility index (Phi) is 21.2. The minimum Gasteiger partial charge on any atom is -0.508 e. The molecule has 22 heteroatoms. The molecule has 0 bridgehead atoms. The van der Waals surface area contributed by atoms with Gasteiger partial charge in [0, 0.05) is 12.8 Å². The summed E-state index contributed by atoms with van der Waals surface area (Å²) in [5.41, 5.74) is 19.0. The number of phenols is 2. The Morgan fingerprint density at radius 1 is 0.429 bits per heavy atom. The van der Waals surface area contributed by atoms with Gasteiger partial charge in [0.1, 0.15) is 35.7 Å². The van der Waals surface area contributed by atoms with Crippen LogP contribution in [0.3, 0.4) is 0 Å². The topological polar surface area (TPSA) is 366 Å². The molecular weight excluding hydrogens is 909 g/mol. The minimum absolute atomic E-state index is 0.0203. The van der Waals surface area contributed by atoms with Crippen LogP contribution in [0.2, 0.25) is 0 Å². The largest absolute Gasteiger partial charge is 0.508 e. The van der Waals surface area contributed by atoms with E-state index in [0.29, 0.717) is 22.3 Å². The average molecular weight is 969 g/mol. The summed E-state index contributed by atoms with van der Waals surface area (Å²) in [4.78, 5) is 106. The maximum Gasteiger partial charge on any atom is 0.261 e. The highest BCUT2D eigenvalue weighted by atomic mass is 16.3. The zero-order valence-electron chi connectivity index (χ0n) is 38.5. The number of rotatable bonds is 24. The van der Waals surface area contributed by atoms with Crippen molar-refractivity contribution in [2.75, 3.05) is 13.1 Å². The molecule has 0 aliphatic carbocycles. The predicted octanol–water partition coefficient (Wildman–Crippen LogP) is -2.90. The van der Waals surface area contributed by atoms with Gasteiger partial charge in [-0.2, -0.15) is 0 Å². The number of hydrazine groups is 1. The van der Waals surface area contributed by atoms with Crippen LogP contribution in [0.5, 0.6) is 11.5 Å². The second-order valence-corrected chi connectivity index (χ2v) is 16.4. The number of carbonyl (C=O) groups is 8. The van der Waals surface area contributed by atoms with Crippen molar-refractivity contribution in [3.63, 3.8) is 0 Å². The summed E-state index contributed by atoms with van der Waals surface area (Å²) in [6.07, 6.45) is -2.91. The fraction of sp³-hybridized carbons (Fsp3) is 0.333. The number of nitrogens with two attached hydrogens (primary N) is 2. The molecule has 70 heavy (non-hydrogen) atoms. The molecule has 8 atom stereocenters. The highest BCUT2D eigenvalue weighted by molar-refractivity contribution is 5.96. The van der Waals surface area contributed by atoms with Crippen molar-refractivity contribution in [2.24, 2.45) is 11.5 Å². The van der Waals surface area contributed by atoms with Crippen LogP contribution >= 0.6 is 0 Å². The third-order valence-electron chi connectivity index (χ3n) is 10.6. The Labute approximate surface area is 403 Å². The van der Waals surface area contributed by atoms with E-state index in [9.17, 15) is 58.8 Å². The van der Waals surface area contributed by atoms with Crippen molar-refractivity contribution in [2.45, 2.75) is 88.0 Å². The van der Waals surface area contributed by atoms with Gasteiger partial charge in [-0.05, 0) is 73.2 Å². The van der Waals surface area contributed by atoms with Gasteiger partial charge in [-0.25, -0.2) is 0 Å². The van der Waals surface area contributed by atoms with Crippen LogP contribution in [0, 0.1) is 0 Å². The molecule has 0 unspecified atom stereocenters. The summed E-state index contributed by atoms with van der Waals surface area (Å²) in [5, 5.41) is 54.1. The van der Waals surface area contributed by atoms with Crippen molar-refractivity contribution in [3.8, 4) is 11.5 Å². The zero-order valence-corrected chi connectivity index (χ0v) is 38.5. The SMILES string of the molecule is C[C@@H](O)[C@@H](NC(=O)[C@@H](N)Cc1ccc(O)cc1)C(=O)NCC(=O)N[C@@H](Cc1ccccc1)C(=O)NNC(=O)[C@H](Cc1ccccc1)NC(=O)CNC(=O)[C@H](NC(=O)[C@@H](N)Cc1ccc(O)cc1)[C@@H](C)O. The summed E-state index contributed by atoms with van der Waals surface area (Å²) in [7, 11) is 0. The lowest BCUT2D eigenvalue weighted by Gasteiger charge is -2.24. The van der Waals surface area contributed by atoms with Crippen molar-refractivity contribution in [3.05, 3.63) is 131 Å². The van der Waals surface area contributed by atoms with Crippen LogP contribution in [0.15, 0.2) is 109 Å². The van der Waals surface area contributed by atoms with Crippen molar-refractivity contribution in [1.29, 1.82) is 0 Å². The first kappa shape index (κ1) is 54.7. The van der Waals surface area contributed by atoms with E-state index in [1.54, 1.807) is 84.9 Å². The number of carbonyl (C=O) groups excluding carboxylic acids is 8. The fourth-order valence-corrected chi connectivity index (χ4v) is 6.75. The molecular formula is C48H60N10O12. The van der Waals surface area contributed by atoms with Crippen LogP contribution in [-0.2, 0) is 64.0 Å². The smallest absolute Gasteiger partial charge is 0.261 e. The summed E-state index contributed by atoms with van der Waals surface area (Å²) >= 11 is 0. The molecule has 4 aromatic rings. The van der Waals surface area contributed by atoms with Gasteiger partial charge in [-0.1, -0.05) is 84.9 Å². The number of aliphatic hydroxyl groups is 2. The van der Waals surface area contributed by atoms with Gasteiger partial charge in [-0.3, -0.25) is 49.2 Å². The number of aromatic hydroxyl groups is 2. The fourth-order valence-electron chi connectivity index (χ4n) is 6.75. The third-order valence-corrected chi connectivity index (χ3v) is 10.6. The van der Waals surface area contributed by atoms with Crippen molar-refractivity contribution < 1.29 is 58.8 Å². The van der Waals surface area contributed by atoms with E-state index >= 15 is 0 Å². The molecule has 16 N–H and O–H groups in total. The summed E-state index contributed by atoms with van der Waals surface area (Å²) < 4.78 is 0. The summed E-state index contributed by atoms with van der Waals surface area (Å²) in [5.74, 6) is -6.90. The molecule has 0 spiro atoms. The Morgan fingerprint density at radius 2 is 0.743 bits per heavy atom. The molecule has 0 fully saturated rings. The number of benzene rings is 4. The van der Waals surface area contributed by atoms with E-state index in [0.717, 1.165) is 0 Å². The number of phenolic OH excluding ortho intramolecular Hbond substituents is 2. The van der Waals surface area contributed by atoms with E-state index < -0.39 is 109 Å². The molecule has 0 aliphatic rings. The average Bonchev–Trinajstić information content (AvgIpc) is 3.33. The normalized spacial score (nSPS) is 14.3. The van der Waals surface area contributed by atoms with E-state index in [2.05, 4.69) is 42.8 Å². The van der Waals surface area contributed by atoms with Crippen LogP contribution in [0.25, 0.3) is 0 Å². The summed E-state index contributed by atoms with van der Waals surface area (Å²) in [6, 6.07) is 21.0. The first-order chi connectivity index (χ1) is 33.3. The zero-order chi connectivity index (χ0) is 51.3. The van der Waals surface area contributed by atoms with Gasteiger partial charge in [-0.15, -0.1) is 0 Å². The standard InChI is InChI=1S/C48H60N10O12/c1-27(59)41(55-43(65)35(49)21-31-13-17-33(61)18-14-31)47(69)51-25-39(63)53-37(23-29-9-5-3-6-10-29)45(67)57-58-46(68)38(24-30-11-7-4-8-12-30)54-40(64)26-52-48(70)42(28(2)60)56-44(66)36(50)22-32-15-19-34(62)20-16-32/h3-20,27-28,35-38,41-42,59-62H,21-26,49-50H2,1-2H3,(H,51,69)(H,52,70)(H,53,63)(H,54,64)(H,55,65)(H,56,66)(H,57,67)(H,58,68)/t27-,28-,35+,36+,37+,38+,41-,42-/m1/s1. The monoisotopic (exact) mass is 968 g/mol. The van der Waals surface area contributed by atoms with Gasteiger partial charge < -0.3 is 63.8 Å². The number of hydrogen-bond donors (Lipinski definition) is 14. The van der Waals surface area contributed by atoms with Crippen LogP contribution < -0.4 is 54.2 Å². The maximum absolute atomic E-state index is 13.6. The lowest BCUT2D eigenvalue weighted by Crippen LogP contribution is -2.59. The lowest BCUT2D eigenvalue weighted by molar-refractivity contribution is -0.135. The molecule has 0 saturated heterocycles. The Bertz CT molecular complexity index is 2220. The van der Waals surface area contributed by atoms with Gasteiger partial charge in [0.05, 0.1) is 37.4 Å². The number of amides is 8. The van der Waals surface area contributed by atoms with Gasteiger partial charge >= 0.3 is 0 Å². The molecule has 0 radical (unpaired) electrons. The molecule has 0 aliphatic heterocycles. The molecule has 0 aromatic heterocycles. The molecule has 8 amide bonds. The highest BCUT2D eigenvalue weighted by Crippen LogP contribution is 2.13. The molecule has 374 valence electrons. The second-order valence-electron chi connectivity index (χ2n) is 16.4. The summed E-state index contributed by atoms with van der Waals surface area (Å²) in [6.45, 7) is 1.08. The van der Waals surface area contributed by atoms with E-state index in [1.165, 1.54) is 38.1 Å². The van der Waals surface area contributed by atoms with Crippen LogP contribution in [-0.4, -0.2) is 129 Å². The van der Waals surface area contributed by atoms with E-state index in [-0.39, 0.29) is 37.2 Å². The van der Waals surface area contributed by atoms with Crippen molar-refractivity contribution >= 4 is 47.3 Å². The Hall–Kier alpha value is -7.92. The van der Waals surface area contributed by atoms with Crippen LogP contribution in [0.4, 0.5) is 0 Å². The van der Waals surface area contributed by atoms with E-state index in [4.69, 9.17) is 11.5 Å². The highest BCUT2D eigenvalue weighted by Gasteiger charge is 2.31. The van der Waals surface area contributed by atoms with Gasteiger partial charge in [0.15, 0.2) is 0 Å². The lowest BCUT2D eigenvalue weighted by atomic mass is 10.0. The third kappa shape index (κ3) is 18.3. The Morgan fingerprint density at radius 3 is 1.06 bits per heavy atom. The molecule has 0 heterocycles. The molecule has 4 aromatic carbocycles. The number of hydrogen-bond acceptors (Lipinski definition) is 14. The molecule has 4 rings (SSSR count). The minimum atomic E-state index is -1.52. The number of nitrogens with one attached hydrogen (secondary N) is 8. The van der Waals surface area contributed by atoms with E-state index in [1.807, 2.05) is 0 Å². The second kappa shape index (κ2) is 27.2. The number of aliphatic hydroxyl groups excluding tert-OH is 2. The predicted molar refractivity (Wildman–Crippen MR) is 253 cm³/mol. The first-order valence-electron chi connectivity index (χ1n) is 22.1.